The molecular formula is C29H32F5N3O3. The van der Waals surface area contributed by atoms with E-state index in [0.29, 0.717) is 67.5 Å². The number of aryl methyl sites for hydroxylation is 1. The predicted molar refractivity (Wildman–Crippen MR) is 139 cm³/mol. The molecule has 1 saturated heterocycles. The molecule has 2 N–H and O–H groups in total. The van der Waals surface area contributed by atoms with Crippen LogP contribution in [0.25, 0.3) is 10.9 Å². The number of hydrogen-bond acceptors (Lipinski definition) is 5. The van der Waals surface area contributed by atoms with Gasteiger partial charge in [0, 0.05) is 22.7 Å². The first-order chi connectivity index (χ1) is 19.2. The van der Waals surface area contributed by atoms with E-state index in [1.807, 2.05) is 0 Å². The second-order valence-corrected chi connectivity index (χ2v) is 10.3. The largest absolute Gasteiger partial charge is 0.497 e. The van der Waals surface area contributed by atoms with Crippen LogP contribution < -0.4 is 10.2 Å². The van der Waals surface area contributed by atoms with Crippen LogP contribution in [-0.2, 0) is 17.9 Å². The van der Waals surface area contributed by atoms with Crippen LogP contribution in [0, 0.1) is 22.9 Å². The number of piperidine rings is 1. The number of methoxy groups -OCH3 is 1. The lowest BCUT2D eigenvalue weighted by atomic mass is 9.73. The van der Waals surface area contributed by atoms with Crippen LogP contribution in [0.15, 0.2) is 36.5 Å². The highest BCUT2D eigenvalue weighted by atomic mass is 19.2. The Labute approximate surface area is 229 Å². The van der Waals surface area contributed by atoms with E-state index < -0.39 is 41.6 Å². The van der Waals surface area contributed by atoms with Crippen molar-refractivity contribution >= 4 is 16.8 Å². The summed E-state index contributed by atoms with van der Waals surface area (Å²) in [7, 11) is 1.48. The number of aromatic nitrogens is 1. The minimum atomic E-state index is -1.58. The van der Waals surface area contributed by atoms with Gasteiger partial charge in [0.1, 0.15) is 18.6 Å². The monoisotopic (exact) mass is 565 g/mol. The second-order valence-electron chi connectivity index (χ2n) is 10.3. The van der Waals surface area contributed by atoms with Crippen molar-refractivity contribution in [3.63, 3.8) is 0 Å². The summed E-state index contributed by atoms with van der Waals surface area (Å²) in [4.78, 5) is 19.1. The summed E-state index contributed by atoms with van der Waals surface area (Å²) in [5, 5.41) is 9.89. The molecular weight excluding hydrogens is 533 g/mol. The molecule has 1 amide bonds. The van der Waals surface area contributed by atoms with Crippen molar-refractivity contribution in [2.45, 2.75) is 51.4 Å². The molecule has 1 aromatic heterocycles. The Morgan fingerprint density at radius 1 is 1.18 bits per heavy atom. The first kappa shape index (κ1) is 29.7. The van der Waals surface area contributed by atoms with Crippen molar-refractivity contribution in [3.05, 3.63) is 70.7 Å². The van der Waals surface area contributed by atoms with Crippen molar-refractivity contribution in [2.24, 2.45) is 5.41 Å². The van der Waals surface area contributed by atoms with Gasteiger partial charge in [-0.15, -0.1) is 0 Å². The van der Waals surface area contributed by atoms with Crippen LogP contribution in [0.1, 0.15) is 55.0 Å². The van der Waals surface area contributed by atoms with Crippen molar-refractivity contribution in [2.75, 3.05) is 26.7 Å². The van der Waals surface area contributed by atoms with E-state index in [4.69, 9.17) is 4.74 Å². The van der Waals surface area contributed by atoms with Gasteiger partial charge in [-0.3, -0.25) is 15.0 Å². The number of benzene rings is 2. The van der Waals surface area contributed by atoms with Crippen molar-refractivity contribution < 1.29 is 36.7 Å². The quantitative estimate of drug-likeness (QED) is 0.126. The number of nitrogens with one attached hydrogen (secondary N) is 1. The van der Waals surface area contributed by atoms with E-state index in [2.05, 4.69) is 9.88 Å². The zero-order valence-corrected chi connectivity index (χ0v) is 22.2. The maximum atomic E-state index is 15.8. The molecule has 0 radical (unpaired) electrons. The minimum absolute atomic E-state index is 0.0710. The zero-order chi connectivity index (χ0) is 28.9. The number of hydrogen-bond donors (Lipinski definition) is 2. The molecule has 4 rings (SSSR count). The van der Waals surface area contributed by atoms with Gasteiger partial charge in [-0.2, -0.15) is 0 Å². The number of pyridine rings is 1. The highest BCUT2D eigenvalue weighted by Gasteiger charge is 2.41. The number of amides is 1. The summed E-state index contributed by atoms with van der Waals surface area (Å²) in [5.74, 6) is -4.06. The molecule has 40 heavy (non-hydrogen) atoms. The van der Waals surface area contributed by atoms with Gasteiger partial charge in [-0.25, -0.2) is 27.4 Å². The van der Waals surface area contributed by atoms with Crippen LogP contribution >= 0.6 is 0 Å². The Bertz CT molecular complexity index is 1320. The molecule has 0 bridgehead atoms. The number of halogens is 5. The van der Waals surface area contributed by atoms with Gasteiger partial charge in [-0.1, -0.05) is 0 Å². The molecule has 216 valence electrons. The maximum absolute atomic E-state index is 15.8. The molecule has 2 aromatic carbocycles. The lowest BCUT2D eigenvalue weighted by Gasteiger charge is -2.40. The van der Waals surface area contributed by atoms with Gasteiger partial charge < -0.3 is 9.64 Å². The minimum Gasteiger partial charge on any atom is -0.497 e. The molecule has 6 nitrogen and oxygen atoms in total. The number of carbonyl (C=O) groups excluding carboxylic acids is 1. The molecule has 3 aromatic rings. The van der Waals surface area contributed by atoms with E-state index in [1.165, 1.54) is 13.3 Å². The smallest absolute Gasteiger partial charge is 0.249 e. The zero-order valence-electron chi connectivity index (χ0n) is 22.2. The van der Waals surface area contributed by atoms with Crippen LogP contribution in [-0.4, -0.2) is 47.7 Å². The fraction of sp³-hybridized carbons (Fsp3) is 0.448. The Hall–Kier alpha value is -3.31. The third-order valence-corrected chi connectivity index (χ3v) is 7.91. The average Bonchev–Trinajstić information content (AvgIpc) is 2.97. The second kappa shape index (κ2) is 12.9. The molecule has 1 aliphatic heterocycles. The highest BCUT2D eigenvalue weighted by molar-refractivity contribution is 5.85. The number of carbonyl (C=O) groups is 1. The van der Waals surface area contributed by atoms with Gasteiger partial charge >= 0.3 is 0 Å². The van der Waals surface area contributed by atoms with Crippen LogP contribution in [0.4, 0.5) is 22.0 Å². The van der Waals surface area contributed by atoms with Gasteiger partial charge in [0.2, 0.25) is 5.91 Å². The highest BCUT2D eigenvalue weighted by Crippen LogP contribution is 2.41. The summed E-state index contributed by atoms with van der Waals surface area (Å²) < 4.78 is 75.0. The number of hydroxylamine groups is 1. The first-order valence-corrected chi connectivity index (χ1v) is 13.2. The number of alkyl halides is 2. The van der Waals surface area contributed by atoms with Crippen molar-refractivity contribution in [1.29, 1.82) is 0 Å². The predicted octanol–water partition coefficient (Wildman–Crippen LogP) is 6.14. The van der Waals surface area contributed by atoms with Crippen molar-refractivity contribution in [3.8, 4) is 5.75 Å². The fourth-order valence-electron chi connectivity index (χ4n) is 5.56. The lowest BCUT2D eigenvalue weighted by molar-refractivity contribution is -0.143. The Morgan fingerprint density at radius 3 is 2.50 bits per heavy atom. The third-order valence-electron chi connectivity index (χ3n) is 7.91. The number of nitrogens with zero attached hydrogens (tertiary/aromatic N) is 2. The SMILES string of the molecule is COc1ccc2ncc(CF)c([C@H](F)CCC3(C(=O)NO)CCN(CCCc4cc(F)c(F)c(F)c4)CC3)c2c1. The molecule has 2 heterocycles. The van der Waals surface area contributed by atoms with E-state index in [1.54, 1.807) is 23.7 Å². The van der Waals surface area contributed by atoms with Gasteiger partial charge in [-0.05, 0) is 94.1 Å². The molecule has 0 spiro atoms. The summed E-state index contributed by atoms with van der Waals surface area (Å²) in [5.41, 5.74) is 1.87. The number of likely N-dealkylation sites (tertiary alicyclic amines) is 1. The summed E-state index contributed by atoms with van der Waals surface area (Å²) >= 11 is 0. The standard InChI is InChI=1S/C29H32F5N3O3/c1-40-20-4-5-25-21(15-20)26(19(16-30)17-35-25)22(31)6-7-29(28(38)36-39)8-11-37(12-9-29)10-2-3-18-13-23(32)27(34)24(33)14-18/h4-5,13-15,17,22,39H,2-3,6-12,16H2,1H3,(H,36,38)/t22-/m1/s1. The fourth-order valence-corrected chi connectivity index (χ4v) is 5.56. The maximum Gasteiger partial charge on any atom is 0.249 e. The van der Waals surface area contributed by atoms with Gasteiger partial charge in [0.25, 0.3) is 0 Å². The van der Waals surface area contributed by atoms with Crippen molar-refractivity contribution in [1.82, 2.24) is 15.4 Å². The van der Waals surface area contributed by atoms with Crippen LogP contribution in [0.2, 0.25) is 0 Å². The third kappa shape index (κ3) is 6.36. The van der Waals surface area contributed by atoms with E-state index in [-0.39, 0.29) is 24.0 Å². The first-order valence-electron chi connectivity index (χ1n) is 13.2. The summed E-state index contributed by atoms with van der Waals surface area (Å²) in [6.07, 6.45) is 1.40. The number of ether oxygens (including phenoxy) is 1. The molecule has 1 atom stereocenters. The molecule has 1 aliphatic rings. The van der Waals surface area contributed by atoms with E-state index in [0.717, 1.165) is 12.1 Å². The topological polar surface area (TPSA) is 74.7 Å². The normalized spacial score (nSPS) is 16.2. The number of fused-ring (bicyclic) bond motifs is 1. The Morgan fingerprint density at radius 2 is 1.88 bits per heavy atom. The molecule has 0 aliphatic carbocycles. The van der Waals surface area contributed by atoms with Crippen LogP contribution in [0.3, 0.4) is 0 Å². The van der Waals surface area contributed by atoms with Crippen LogP contribution in [0.5, 0.6) is 5.75 Å². The summed E-state index contributed by atoms with van der Waals surface area (Å²) in [6, 6.07) is 6.94. The molecule has 0 saturated carbocycles. The van der Waals surface area contributed by atoms with Gasteiger partial charge in [0.05, 0.1) is 18.0 Å². The molecule has 1 fully saturated rings. The summed E-state index contributed by atoms with van der Waals surface area (Å²) in [6.45, 7) is 0.654. The lowest BCUT2D eigenvalue weighted by Crippen LogP contribution is -2.48. The average molecular weight is 566 g/mol. The molecule has 11 heteroatoms. The molecule has 0 unspecified atom stereocenters. The van der Waals surface area contributed by atoms with E-state index >= 15 is 4.39 Å². The Kier molecular flexibility index (Phi) is 9.57. The van der Waals surface area contributed by atoms with Gasteiger partial charge in [0.15, 0.2) is 17.5 Å². The number of rotatable bonds is 11. The van der Waals surface area contributed by atoms with E-state index in [9.17, 15) is 27.6 Å². The Balaban J connectivity index is 1.41.